The summed E-state index contributed by atoms with van der Waals surface area (Å²) in [4.78, 5) is 12.0. The van der Waals surface area contributed by atoms with Crippen molar-refractivity contribution in [1.29, 1.82) is 0 Å². The van der Waals surface area contributed by atoms with E-state index in [1.54, 1.807) is 39.0 Å². The van der Waals surface area contributed by atoms with Crippen molar-refractivity contribution >= 4 is 38.7 Å². The van der Waals surface area contributed by atoms with Crippen LogP contribution in [0, 0.1) is 10.5 Å². The number of hydrogen-bond acceptors (Lipinski definition) is 5. The Kier molecular flexibility index (Phi) is 5.67. The van der Waals surface area contributed by atoms with Gasteiger partial charge in [-0.05, 0) is 76.9 Å². The first-order chi connectivity index (χ1) is 11.1. The van der Waals surface area contributed by atoms with Gasteiger partial charge in [0.1, 0.15) is 15.9 Å². The van der Waals surface area contributed by atoms with Crippen molar-refractivity contribution in [2.45, 2.75) is 31.6 Å². The van der Waals surface area contributed by atoms with Crippen molar-refractivity contribution in [1.82, 2.24) is 0 Å². The van der Waals surface area contributed by atoms with Crippen LogP contribution in [0.15, 0.2) is 41.3 Å². The molecule has 0 N–H and O–H groups in total. The highest BCUT2D eigenvalue weighted by Crippen LogP contribution is 2.31. The van der Waals surface area contributed by atoms with Crippen LogP contribution in [0.25, 0.3) is 0 Å². The van der Waals surface area contributed by atoms with Gasteiger partial charge in [-0.25, -0.2) is 13.2 Å². The second-order valence-electron chi connectivity index (χ2n) is 5.66. The molecule has 0 amide bonds. The van der Waals surface area contributed by atoms with Gasteiger partial charge in [0.15, 0.2) is 0 Å². The minimum Gasteiger partial charge on any atom is -0.744 e. The number of benzene rings is 2. The lowest BCUT2D eigenvalue weighted by atomic mass is 10.0. The van der Waals surface area contributed by atoms with Crippen molar-refractivity contribution < 1.29 is 22.5 Å². The molecule has 0 aliphatic carbocycles. The molecular weight excluding hydrogens is 443 g/mol. The summed E-state index contributed by atoms with van der Waals surface area (Å²) < 4.78 is 40.6. The van der Waals surface area contributed by atoms with Crippen molar-refractivity contribution in [3.05, 3.63) is 56.7 Å². The molecule has 2 aromatic rings. The first kappa shape index (κ1) is 18.9. The maximum Gasteiger partial charge on any atom is 0.343 e. The van der Waals surface area contributed by atoms with Gasteiger partial charge in [0.05, 0.1) is 10.5 Å². The Morgan fingerprint density at radius 1 is 1.21 bits per heavy atom. The number of halogens is 1. The monoisotopic (exact) mass is 459 g/mol. The molecule has 0 aliphatic heterocycles. The molecule has 7 heteroatoms. The number of hydrogen-bond donors (Lipinski definition) is 0. The van der Waals surface area contributed by atoms with Crippen LogP contribution in [0.5, 0.6) is 5.75 Å². The third kappa shape index (κ3) is 4.34. The predicted octanol–water partition coefficient (Wildman–Crippen LogP) is 3.85. The zero-order chi connectivity index (χ0) is 18.1. The van der Waals surface area contributed by atoms with E-state index in [1.165, 1.54) is 12.1 Å². The van der Waals surface area contributed by atoms with Crippen LogP contribution in [0.3, 0.4) is 0 Å². The van der Waals surface area contributed by atoms with Gasteiger partial charge in [-0.3, -0.25) is 0 Å². The van der Waals surface area contributed by atoms with Gasteiger partial charge >= 0.3 is 5.97 Å². The maximum absolute atomic E-state index is 12.3. The lowest BCUT2D eigenvalue weighted by Crippen LogP contribution is -2.12. The Morgan fingerprint density at radius 3 is 2.42 bits per heavy atom. The van der Waals surface area contributed by atoms with Gasteiger partial charge in [-0.1, -0.05) is 19.9 Å². The van der Waals surface area contributed by atoms with Gasteiger partial charge < -0.3 is 9.29 Å². The van der Waals surface area contributed by atoms with E-state index in [-0.39, 0.29) is 16.6 Å². The van der Waals surface area contributed by atoms with Crippen LogP contribution < -0.4 is 4.74 Å². The smallest absolute Gasteiger partial charge is 0.343 e. The van der Waals surface area contributed by atoms with Crippen LogP contribution in [-0.4, -0.2) is 18.9 Å². The van der Waals surface area contributed by atoms with E-state index in [2.05, 4.69) is 22.6 Å². The predicted molar refractivity (Wildman–Crippen MR) is 97.3 cm³/mol. The fraction of sp³-hybridized carbons (Fsp3) is 0.235. The number of esters is 1. The Balaban J connectivity index is 2.45. The standard InChI is InChI=1S/C17H17IO5S/c1-10(2)14-9-15(11(3)7-16(14)24(20,21)22)23-17(19)12-5-4-6-13(18)8-12/h4-10H,1-3H3,(H,20,21,22)/p-1. The van der Waals surface area contributed by atoms with Gasteiger partial charge in [-0.15, -0.1) is 0 Å². The molecule has 0 saturated heterocycles. The van der Waals surface area contributed by atoms with Crippen molar-refractivity contribution in [2.24, 2.45) is 0 Å². The molecule has 0 heterocycles. The van der Waals surface area contributed by atoms with Gasteiger partial charge in [0.2, 0.25) is 0 Å². The van der Waals surface area contributed by atoms with E-state index < -0.39 is 16.1 Å². The van der Waals surface area contributed by atoms with Crippen molar-refractivity contribution in [2.75, 3.05) is 0 Å². The summed E-state index contributed by atoms with van der Waals surface area (Å²) in [5, 5.41) is 0. The Morgan fingerprint density at radius 2 is 1.88 bits per heavy atom. The molecule has 0 radical (unpaired) electrons. The number of carbonyl (C=O) groups is 1. The summed E-state index contributed by atoms with van der Waals surface area (Å²) >= 11 is 2.09. The van der Waals surface area contributed by atoms with Crippen molar-refractivity contribution in [3.63, 3.8) is 0 Å². The minimum atomic E-state index is -4.60. The second kappa shape index (κ2) is 7.20. The van der Waals surface area contributed by atoms with E-state index in [0.717, 1.165) is 3.57 Å². The number of carbonyl (C=O) groups excluding carboxylic acids is 1. The normalized spacial score (nSPS) is 11.6. The van der Waals surface area contributed by atoms with Gasteiger partial charge in [0.25, 0.3) is 0 Å². The second-order valence-corrected chi connectivity index (χ2v) is 8.26. The molecule has 0 aliphatic rings. The van der Waals surface area contributed by atoms with Crippen LogP contribution in [-0.2, 0) is 10.1 Å². The average molecular weight is 459 g/mol. The summed E-state index contributed by atoms with van der Waals surface area (Å²) in [5.74, 6) is -0.501. The molecule has 0 bridgehead atoms. The Bertz CT molecular complexity index is 888. The number of ether oxygens (including phenoxy) is 1. The maximum atomic E-state index is 12.3. The fourth-order valence-electron chi connectivity index (χ4n) is 2.23. The first-order valence-electron chi connectivity index (χ1n) is 7.17. The molecule has 0 aromatic heterocycles. The van der Waals surface area contributed by atoms with E-state index in [4.69, 9.17) is 4.74 Å². The first-order valence-corrected chi connectivity index (χ1v) is 9.66. The van der Waals surface area contributed by atoms with E-state index in [1.807, 2.05) is 6.07 Å². The third-order valence-corrected chi connectivity index (χ3v) is 5.02. The zero-order valence-electron chi connectivity index (χ0n) is 13.4. The van der Waals surface area contributed by atoms with Gasteiger partial charge in [0, 0.05) is 3.57 Å². The topological polar surface area (TPSA) is 83.5 Å². The molecule has 128 valence electrons. The Labute approximate surface area is 154 Å². The Hall–Kier alpha value is -1.45. The highest BCUT2D eigenvalue weighted by atomic mass is 127. The molecule has 0 atom stereocenters. The van der Waals surface area contributed by atoms with Gasteiger partial charge in [-0.2, -0.15) is 0 Å². The molecule has 2 aromatic carbocycles. The molecule has 2 rings (SSSR count). The van der Waals surface area contributed by atoms with Crippen LogP contribution in [0.2, 0.25) is 0 Å². The van der Waals surface area contributed by atoms with Crippen LogP contribution >= 0.6 is 22.6 Å². The van der Waals surface area contributed by atoms with E-state index >= 15 is 0 Å². The molecule has 0 unspecified atom stereocenters. The van der Waals surface area contributed by atoms with Crippen molar-refractivity contribution in [3.8, 4) is 5.75 Å². The molecular formula is C17H16IO5S-. The van der Waals surface area contributed by atoms with E-state index in [9.17, 15) is 17.8 Å². The summed E-state index contributed by atoms with van der Waals surface area (Å²) in [6.45, 7) is 5.13. The van der Waals surface area contributed by atoms with Crippen LogP contribution in [0.1, 0.15) is 41.3 Å². The average Bonchev–Trinajstić information content (AvgIpc) is 2.47. The largest absolute Gasteiger partial charge is 0.744 e. The lowest BCUT2D eigenvalue weighted by Gasteiger charge is -2.18. The molecule has 5 nitrogen and oxygen atoms in total. The molecule has 0 fully saturated rings. The third-order valence-electron chi connectivity index (χ3n) is 3.46. The van der Waals surface area contributed by atoms with Crippen LogP contribution in [0.4, 0.5) is 0 Å². The lowest BCUT2D eigenvalue weighted by molar-refractivity contribution is 0.0733. The molecule has 0 spiro atoms. The summed E-state index contributed by atoms with van der Waals surface area (Å²) in [6, 6.07) is 9.65. The summed E-state index contributed by atoms with van der Waals surface area (Å²) in [7, 11) is -4.60. The highest BCUT2D eigenvalue weighted by Gasteiger charge is 2.18. The quantitative estimate of drug-likeness (QED) is 0.300. The van der Waals surface area contributed by atoms with E-state index in [0.29, 0.717) is 16.7 Å². The summed E-state index contributed by atoms with van der Waals surface area (Å²) in [5.41, 5.74) is 1.14. The number of rotatable bonds is 4. The molecule has 24 heavy (non-hydrogen) atoms. The number of aryl methyl sites for hydroxylation is 1. The summed E-state index contributed by atoms with van der Waals surface area (Å²) in [6.07, 6.45) is 0. The SMILES string of the molecule is Cc1cc(S(=O)(=O)[O-])c(C(C)C)cc1OC(=O)c1cccc(I)c1. The molecule has 0 saturated carbocycles. The zero-order valence-corrected chi connectivity index (χ0v) is 16.3. The highest BCUT2D eigenvalue weighted by molar-refractivity contribution is 14.1. The fourth-order valence-corrected chi connectivity index (χ4v) is 3.68. The minimum absolute atomic E-state index is 0.209.